The van der Waals surface area contributed by atoms with Gasteiger partial charge in [-0.1, -0.05) is 24.3 Å². The van der Waals surface area contributed by atoms with Crippen molar-refractivity contribution in [2.75, 3.05) is 0 Å². The third kappa shape index (κ3) is 10.3. The van der Waals surface area contributed by atoms with E-state index in [9.17, 15) is 19.0 Å². The van der Waals surface area contributed by atoms with E-state index >= 15 is 0 Å². The smallest absolute Gasteiger partial charge is 0.857 e. The van der Waals surface area contributed by atoms with Crippen molar-refractivity contribution in [3.63, 3.8) is 0 Å². The summed E-state index contributed by atoms with van der Waals surface area (Å²) in [5, 5.41) is 37.3. The molecule has 4 rings (SSSR count). The van der Waals surface area contributed by atoms with E-state index in [0.717, 1.165) is 0 Å². The summed E-state index contributed by atoms with van der Waals surface area (Å²) in [5.41, 5.74) is 1.89. The molecular weight excluding hydrogens is 525 g/mol. The number of rotatable bonds is 6. The molecule has 37 heavy (non-hydrogen) atoms. The van der Waals surface area contributed by atoms with Gasteiger partial charge in [-0.2, -0.15) is 20.4 Å². The summed E-state index contributed by atoms with van der Waals surface area (Å²) in [7, 11) is 0. The molecular formula is C26H18F2N6NiO2. The number of hydrogen-bond acceptors (Lipinski definition) is 8. The molecule has 0 amide bonds. The molecule has 0 radical (unpaired) electrons. The molecule has 11 heteroatoms. The Bertz CT molecular complexity index is 1280. The quantitative estimate of drug-likeness (QED) is 0.161. The van der Waals surface area contributed by atoms with Crippen LogP contribution in [0.15, 0.2) is 118 Å². The molecule has 0 aliphatic heterocycles. The van der Waals surface area contributed by atoms with Crippen LogP contribution < -0.4 is 10.2 Å². The predicted molar refractivity (Wildman–Crippen MR) is 130 cm³/mol. The Hall–Kier alpha value is -4.63. The van der Waals surface area contributed by atoms with Gasteiger partial charge in [-0.3, -0.25) is 9.97 Å². The van der Waals surface area contributed by atoms with Gasteiger partial charge >= 0.3 is 16.5 Å². The van der Waals surface area contributed by atoms with E-state index in [-0.39, 0.29) is 28.1 Å². The van der Waals surface area contributed by atoms with Crippen LogP contribution in [0.1, 0.15) is 22.3 Å². The van der Waals surface area contributed by atoms with Crippen molar-refractivity contribution in [2.45, 2.75) is 0 Å². The van der Waals surface area contributed by atoms with Crippen molar-refractivity contribution in [1.82, 2.24) is 9.97 Å². The molecule has 188 valence electrons. The summed E-state index contributed by atoms with van der Waals surface area (Å²) >= 11 is 0. The van der Waals surface area contributed by atoms with Crippen molar-refractivity contribution in [1.29, 1.82) is 0 Å². The molecule has 2 heterocycles. The molecule has 0 saturated heterocycles. The Morgan fingerprint density at radius 3 is 1.35 bits per heavy atom. The maximum atomic E-state index is 12.9. The van der Waals surface area contributed by atoms with E-state index in [1.807, 2.05) is 0 Å². The van der Waals surface area contributed by atoms with Crippen LogP contribution >= 0.6 is 0 Å². The second-order valence-electron chi connectivity index (χ2n) is 6.88. The van der Waals surface area contributed by atoms with Gasteiger partial charge in [0.15, 0.2) is 0 Å². The van der Waals surface area contributed by atoms with E-state index in [1.165, 1.54) is 61.5 Å². The first-order valence-corrected chi connectivity index (χ1v) is 10.4. The second-order valence-corrected chi connectivity index (χ2v) is 6.88. The van der Waals surface area contributed by atoms with E-state index in [0.29, 0.717) is 22.3 Å². The van der Waals surface area contributed by atoms with Crippen molar-refractivity contribution >= 4 is 24.2 Å². The molecule has 0 N–H and O–H groups in total. The minimum atomic E-state index is -0.468. The normalized spacial score (nSPS) is 11.6. The van der Waals surface area contributed by atoms with Crippen LogP contribution in [-0.2, 0) is 16.5 Å². The fourth-order valence-electron chi connectivity index (χ4n) is 2.57. The molecule has 2 aromatic heterocycles. The Morgan fingerprint density at radius 1 is 0.622 bits per heavy atom. The molecule has 0 aliphatic rings. The van der Waals surface area contributed by atoms with E-state index in [1.54, 1.807) is 48.5 Å². The fraction of sp³-hybridized carbons (Fsp3) is 0. The summed E-state index contributed by atoms with van der Waals surface area (Å²) in [4.78, 5) is 7.58. The van der Waals surface area contributed by atoms with Crippen LogP contribution in [0.5, 0.6) is 0 Å². The molecule has 4 aromatic rings. The van der Waals surface area contributed by atoms with Gasteiger partial charge in [0.05, 0.1) is 12.4 Å². The maximum absolute atomic E-state index is 12.9. The summed E-state index contributed by atoms with van der Waals surface area (Å²) in [6.07, 6.45) is 8.64. The Labute approximate surface area is 221 Å². The Balaban J connectivity index is 0.000000253. The SMILES string of the molecule is [Ni+2].[O-]/C(=N\N=C\c1cccc(F)c1)c1ccncc1.[O-]/C(=N\N=C\c1cccc(F)c1)c1ccncc1. The van der Waals surface area contributed by atoms with E-state index < -0.39 is 11.8 Å². The standard InChI is InChI=1S/2C13H10FN3O.Ni/c2*14-12-3-1-2-10(8-12)9-16-17-13(18)11-4-6-15-7-5-11;/h2*1-9H,(H,17,18);/q;;+2/p-2/b2*16-9+;. The number of nitrogens with zero attached hydrogens (tertiary/aromatic N) is 6. The molecule has 0 saturated carbocycles. The third-order valence-electron chi connectivity index (χ3n) is 4.26. The molecule has 0 fully saturated rings. The molecule has 8 nitrogen and oxygen atoms in total. The number of pyridine rings is 2. The number of benzene rings is 2. The van der Waals surface area contributed by atoms with Crippen LogP contribution in [0.3, 0.4) is 0 Å². The van der Waals surface area contributed by atoms with Crippen molar-refractivity contribution in [3.8, 4) is 0 Å². The van der Waals surface area contributed by atoms with Crippen LogP contribution in [0.25, 0.3) is 0 Å². The number of halogens is 2. The van der Waals surface area contributed by atoms with Crippen LogP contribution in [0, 0.1) is 11.6 Å². The second kappa shape index (κ2) is 15.4. The minimum absolute atomic E-state index is 0. The van der Waals surface area contributed by atoms with Gasteiger partial charge in [-0.25, -0.2) is 8.78 Å². The zero-order valence-corrected chi connectivity index (χ0v) is 20.0. The summed E-state index contributed by atoms with van der Waals surface area (Å²) < 4.78 is 25.7. The minimum Gasteiger partial charge on any atom is -0.857 e. The summed E-state index contributed by atoms with van der Waals surface area (Å²) in [6, 6.07) is 17.9. The van der Waals surface area contributed by atoms with E-state index in [2.05, 4.69) is 30.4 Å². The molecule has 0 bridgehead atoms. The number of hydrogen-bond donors (Lipinski definition) is 0. The zero-order chi connectivity index (χ0) is 25.6. The van der Waals surface area contributed by atoms with Gasteiger partial charge in [0, 0.05) is 36.6 Å². The van der Waals surface area contributed by atoms with Gasteiger partial charge in [0.2, 0.25) is 0 Å². The fourth-order valence-corrected chi connectivity index (χ4v) is 2.57. The van der Waals surface area contributed by atoms with Gasteiger partial charge in [-0.15, -0.1) is 0 Å². The van der Waals surface area contributed by atoms with E-state index in [4.69, 9.17) is 0 Å². The van der Waals surface area contributed by atoms with Gasteiger partial charge < -0.3 is 10.2 Å². The first kappa shape index (κ1) is 28.6. The molecule has 2 aromatic carbocycles. The monoisotopic (exact) mass is 542 g/mol. The van der Waals surface area contributed by atoms with Gasteiger partial charge in [-0.05, 0) is 70.8 Å². The topological polar surface area (TPSA) is 121 Å². The maximum Gasteiger partial charge on any atom is 2.00 e. The van der Waals surface area contributed by atoms with Gasteiger partial charge in [0.1, 0.15) is 11.6 Å². The number of aromatic nitrogens is 2. The predicted octanol–water partition coefficient (Wildman–Crippen LogP) is 2.72. The molecule has 0 atom stereocenters. The van der Waals surface area contributed by atoms with Crippen LogP contribution in [0.2, 0.25) is 0 Å². The first-order valence-electron chi connectivity index (χ1n) is 10.4. The molecule has 0 spiro atoms. The average Bonchev–Trinajstić information content (AvgIpc) is 2.90. The summed E-state index contributed by atoms with van der Waals surface area (Å²) in [5.74, 6) is -1.66. The largest absolute Gasteiger partial charge is 2.00 e. The third-order valence-corrected chi connectivity index (χ3v) is 4.26. The summed E-state index contributed by atoms with van der Waals surface area (Å²) in [6.45, 7) is 0. The molecule has 0 unspecified atom stereocenters. The van der Waals surface area contributed by atoms with Crippen molar-refractivity contribution in [3.05, 3.63) is 131 Å². The molecule has 0 aliphatic carbocycles. The Kier molecular flexibility index (Phi) is 11.9. The zero-order valence-electron chi connectivity index (χ0n) is 19.0. The van der Waals surface area contributed by atoms with Gasteiger partial charge in [0.25, 0.3) is 0 Å². The van der Waals surface area contributed by atoms with Crippen molar-refractivity contribution < 1.29 is 35.5 Å². The van der Waals surface area contributed by atoms with Crippen molar-refractivity contribution in [2.24, 2.45) is 20.4 Å². The average molecular weight is 543 g/mol. The van der Waals surface area contributed by atoms with Crippen LogP contribution in [0.4, 0.5) is 8.78 Å². The first-order chi connectivity index (χ1) is 17.5. The van der Waals surface area contributed by atoms with Crippen LogP contribution in [-0.4, -0.2) is 34.2 Å². The Morgan fingerprint density at radius 2 is 1.00 bits per heavy atom.